The molecule has 6 nitrogen and oxygen atoms in total. The lowest BCUT2D eigenvalue weighted by atomic mass is 9.93. The van der Waals surface area contributed by atoms with Gasteiger partial charge in [0.1, 0.15) is 11.1 Å². The van der Waals surface area contributed by atoms with Crippen molar-refractivity contribution in [1.29, 1.82) is 0 Å². The molecule has 1 saturated heterocycles. The van der Waals surface area contributed by atoms with Gasteiger partial charge in [-0.05, 0) is 27.2 Å². The van der Waals surface area contributed by atoms with Gasteiger partial charge in [0, 0.05) is 13.1 Å². The van der Waals surface area contributed by atoms with Crippen LogP contribution in [0, 0.1) is 0 Å². The first-order valence-corrected chi connectivity index (χ1v) is 6.16. The highest BCUT2D eigenvalue weighted by Gasteiger charge is 2.42. The van der Waals surface area contributed by atoms with E-state index in [0.29, 0.717) is 19.5 Å². The van der Waals surface area contributed by atoms with Crippen molar-refractivity contribution < 1.29 is 19.4 Å². The summed E-state index contributed by atoms with van der Waals surface area (Å²) in [7, 11) is 0. The highest BCUT2D eigenvalue weighted by atomic mass is 16.6. The smallest absolute Gasteiger partial charge is 0.410 e. The van der Waals surface area contributed by atoms with Gasteiger partial charge in [-0.15, -0.1) is 0 Å². The predicted octanol–water partition coefficient (Wildman–Crippen LogP) is 1.06. The molecule has 0 spiro atoms. The maximum absolute atomic E-state index is 11.9. The van der Waals surface area contributed by atoms with Crippen LogP contribution in [0.4, 0.5) is 4.79 Å². The Balaban J connectivity index is 2.75. The van der Waals surface area contributed by atoms with Crippen LogP contribution >= 0.6 is 0 Å². The van der Waals surface area contributed by atoms with E-state index in [2.05, 4.69) is 5.32 Å². The van der Waals surface area contributed by atoms with Gasteiger partial charge < -0.3 is 14.7 Å². The fraction of sp³-hybridized carbons (Fsp3) is 0.833. The Morgan fingerprint density at radius 2 is 2.06 bits per heavy atom. The number of hydrogen-bond acceptors (Lipinski definition) is 4. The number of carboxylic acid groups (broad SMARTS) is 1. The Morgan fingerprint density at radius 1 is 1.44 bits per heavy atom. The molecular formula is C12H22N2O4. The summed E-state index contributed by atoms with van der Waals surface area (Å²) >= 11 is 0. The molecule has 0 saturated carbocycles. The molecule has 1 amide bonds. The van der Waals surface area contributed by atoms with Crippen LogP contribution in [0.3, 0.4) is 0 Å². The number of piperazine rings is 1. The van der Waals surface area contributed by atoms with Crippen LogP contribution in [0.1, 0.15) is 34.1 Å². The van der Waals surface area contributed by atoms with E-state index >= 15 is 0 Å². The number of aliphatic carboxylic acids is 1. The zero-order valence-electron chi connectivity index (χ0n) is 11.4. The van der Waals surface area contributed by atoms with Crippen molar-refractivity contribution in [3.8, 4) is 0 Å². The second kappa shape index (κ2) is 5.14. The summed E-state index contributed by atoms with van der Waals surface area (Å²) in [6.45, 7) is 8.21. The number of nitrogens with zero attached hydrogens (tertiary/aromatic N) is 1. The minimum atomic E-state index is -1.06. The Bertz CT molecular complexity index is 337. The van der Waals surface area contributed by atoms with Gasteiger partial charge in [-0.25, -0.2) is 4.79 Å². The molecule has 1 aliphatic rings. The van der Waals surface area contributed by atoms with Crippen molar-refractivity contribution in [2.24, 2.45) is 0 Å². The normalized spacial score (nSPS) is 24.8. The fourth-order valence-electron chi connectivity index (χ4n) is 1.90. The Kier molecular flexibility index (Phi) is 4.21. The number of amides is 1. The summed E-state index contributed by atoms with van der Waals surface area (Å²) in [5, 5.41) is 12.3. The van der Waals surface area contributed by atoms with Crippen molar-refractivity contribution in [2.75, 3.05) is 19.6 Å². The number of carbonyl (C=O) groups excluding carboxylic acids is 1. The van der Waals surface area contributed by atoms with Gasteiger partial charge in [-0.3, -0.25) is 10.1 Å². The van der Waals surface area contributed by atoms with Gasteiger partial charge in [0.15, 0.2) is 0 Å². The summed E-state index contributed by atoms with van der Waals surface area (Å²) in [4.78, 5) is 24.7. The zero-order chi connectivity index (χ0) is 14.0. The number of hydrogen-bond donors (Lipinski definition) is 2. The molecule has 0 aromatic rings. The molecule has 2 N–H and O–H groups in total. The minimum Gasteiger partial charge on any atom is -0.480 e. The van der Waals surface area contributed by atoms with Crippen molar-refractivity contribution in [3.63, 3.8) is 0 Å². The zero-order valence-corrected chi connectivity index (χ0v) is 11.4. The van der Waals surface area contributed by atoms with Gasteiger partial charge in [-0.2, -0.15) is 0 Å². The van der Waals surface area contributed by atoms with Crippen LogP contribution in [0.15, 0.2) is 0 Å². The van der Waals surface area contributed by atoms with Gasteiger partial charge in [0.2, 0.25) is 0 Å². The van der Waals surface area contributed by atoms with Crippen molar-refractivity contribution in [2.45, 2.75) is 45.3 Å². The van der Waals surface area contributed by atoms with Crippen LogP contribution in [-0.4, -0.2) is 52.8 Å². The summed E-state index contributed by atoms with van der Waals surface area (Å²) in [5.74, 6) is -0.932. The lowest BCUT2D eigenvalue weighted by molar-refractivity contribution is -0.147. The lowest BCUT2D eigenvalue weighted by Gasteiger charge is -2.40. The highest BCUT2D eigenvalue weighted by molar-refractivity contribution is 5.80. The summed E-state index contributed by atoms with van der Waals surface area (Å²) in [6.07, 6.45) is -0.0372. The molecule has 0 radical (unpaired) electrons. The van der Waals surface area contributed by atoms with Gasteiger partial charge in [-0.1, -0.05) is 6.92 Å². The van der Waals surface area contributed by atoms with Crippen LogP contribution < -0.4 is 5.32 Å². The first-order valence-electron chi connectivity index (χ1n) is 6.16. The van der Waals surface area contributed by atoms with Gasteiger partial charge in [0.05, 0.1) is 6.54 Å². The van der Waals surface area contributed by atoms with E-state index in [1.807, 2.05) is 0 Å². The first-order chi connectivity index (χ1) is 8.20. The average Bonchev–Trinajstić information content (AvgIpc) is 2.26. The monoisotopic (exact) mass is 258 g/mol. The largest absolute Gasteiger partial charge is 0.480 e. The predicted molar refractivity (Wildman–Crippen MR) is 66.5 cm³/mol. The first kappa shape index (κ1) is 14.8. The van der Waals surface area contributed by atoms with E-state index < -0.39 is 23.2 Å². The molecule has 1 unspecified atom stereocenters. The molecular weight excluding hydrogens is 236 g/mol. The second-order valence-electron chi connectivity index (χ2n) is 5.57. The van der Waals surface area contributed by atoms with E-state index in [-0.39, 0.29) is 6.54 Å². The second-order valence-corrected chi connectivity index (χ2v) is 5.57. The molecule has 0 bridgehead atoms. The number of nitrogens with one attached hydrogen (secondary N) is 1. The average molecular weight is 258 g/mol. The molecule has 6 heteroatoms. The van der Waals surface area contributed by atoms with E-state index in [9.17, 15) is 14.7 Å². The van der Waals surface area contributed by atoms with E-state index in [1.165, 1.54) is 4.90 Å². The molecule has 1 heterocycles. The number of carboxylic acids is 1. The van der Waals surface area contributed by atoms with Gasteiger partial charge >= 0.3 is 12.1 Å². The van der Waals surface area contributed by atoms with E-state index in [1.54, 1.807) is 27.7 Å². The standard InChI is InChI=1S/C12H22N2O4/c1-5-12(9(15)16)8-14(7-6-13-12)10(17)18-11(2,3)4/h13H,5-8H2,1-4H3,(H,15,16). The van der Waals surface area contributed by atoms with Gasteiger partial charge in [0.25, 0.3) is 0 Å². The molecule has 0 aromatic carbocycles. The quantitative estimate of drug-likeness (QED) is 0.774. The maximum atomic E-state index is 11.9. The van der Waals surface area contributed by atoms with Crippen LogP contribution in [-0.2, 0) is 9.53 Å². The molecule has 1 rings (SSSR count). The van der Waals surface area contributed by atoms with E-state index in [4.69, 9.17) is 4.74 Å². The Hall–Kier alpha value is -1.30. The third kappa shape index (κ3) is 3.35. The van der Waals surface area contributed by atoms with Crippen molar-refractivity contribution >= 4 is 12.1 Å². The number of carbonyl (C=O) groups is 2. The maximum Gasteiger partial charge on any atom is 0.410 e. The lowest BCUT2D eigenvalue weighted by Crippen LogP contribution is -2.65. The summed E-state index contributed by atoms with van der Waals surface area (Å²) < 4.78 is 5.26. The van der Waals surface area contributed by atoms with Crippen molar-refractivity contribution in [1.82, 2.24) is 10.2 Å². The molecule has 104 valence electrons. The van der Waals surface area contributed by atoms with Crippen molar-refractivity contribution in [3.05, 3.63) is 0 Å². The summed E-state index contributed by atoms with van der Waals surface area (Å²) in [6, 6.07) is 0. The molecule has 18 heavy (non-hydrogen) atoms. The fourth-order valence-corrected chi connectivity index (χ4v) is 1.90. The molecule has 1 aliphatic heterocycles. The number of rotatable bonds is 2. The minimum absolute atomic E-state index is 0.133. The van der Waals surface area contributed by atoms with Crippen LogP contribution in [0.25, 0.3) is 0 Å². The Labute approximate surface area is 107 Å². The molecule has 1 fully saturated rings. The third-order valence-electron chi connectivity index (χ3n) is 2.97. The van der Waals surface area contributed by atoms with Crippen LogP contribution in [0.5, 0.6) is 0 Å². The van der Waals surface area contributed by atoms with Crippen LogP contribution in [0.2, 0.25) is 0 Å². The summed E-state index contributed by atoms with van der Waals surface area (Å²) in [5.41, 5.74) is -1.63. The third-order valence-corrected chi connectivity index (χ3v) is 2.97. The SMILES string of the molecule is CCC1(C(=O)O)CN(C(=O)OC(C)(C)C)CCN1. The molecule has 1 atom stereocenters. The number of ether oxygens (including phenoxy) is 1. The molecule has 0 aliphatic carbocycles. The topological polar surface area (TPSA) is 78.9 Å². The van der Waals surface area contributed by atoms with E-state index in [0.717, 1.165) is 0 Å². The Morgan fingerprint density at radius 3 is 2.50 bits per heavy atom. The molecule has 0 aromatic heterocycles. The highest BCUT2D eigenvalue weighted by Crippen LogP contribution is 2.19.